The Balaban J connectivity index is 1.83. The Kier molecular flexibility index (Phi) is 5.41. The molecular weight excluding hydrogens is 346 g/mol. The first kappa shape index (κ1) is 18.1. The van der Waals surface area contributed by atoms with Crippen LogP contribution in [-0.4, -0.2) is 40.5 Å². The summed E-state index contributed by atoms with van der Waals surface area (Å²) in [7, 11) is 1.58. The van der Waals surface area contributed by atoms with Gasteiger partial charge in [0.25, 0.3) is 5.91 Å². The minimum atomic E-state index is -0.336. The summed E-state index contributed by atoms with van der Waals surface area (Å²) >= 11 is 0. The van der Waals surface area contributed by atoms with Crippen LogP contribution in [0, 0.1) is 0 Å². The van der Waals surface area contributed by atoms with Crippen molar-refractivity contribution in [2.75, 3.05) is 24.2 Å². The van der Waals surface area contributed by atoms with Gasteiger partial charge in [-0.25, -0.2) is 19.7 Å². The molecule has 0 aliphatic carbocycles. The molecule has 3 amide bonds. The minimum absolute atomic E-state index is 0.175. The summed E-state index contributed by atoms with van der Waals surface area (Å²) in [6, 6.07) is 10.1. The molecule has 3 rings (SSSR count). The number of hydrogen-bond acceptors (Lipinski definition) is 6. The zero-order valence-corrected chi connectivity index (χ0v) is 14.9. The van der Waals surface area contributed by atoms with Crippen molar-refractivity contribution in [2.45, 2.75) is 6.92 Å². The molecule has 0 saturated carbocycles. The lowest BCUT2D eigenvalue weighted by atomic mass is 10.2. The van der Waals surface area contributed by atoms with Gasteiger partial charge in [-0.3, -0.25) is 10.1 Å². The van der Waals surface area contributed by atoms with Crippen LogP contribution in [0.4, 0.5) is 22.1 Å². The predicted octanol–water partition coefficient (Wildman–Crippen LogP) is 2.27. The highest BCUT2D eigenvalue weighted by Gasteiger charge is 2.07. The molecule has 0 atom stereocenters. The standard InChI is InChI=1S/C18H19N7O2/c1-3-20-18(27)25-14-8-7-13-16(23-14)24-15(10-21-13)22-12-6-4-5-11(9-12)17(26)19-2/h4-10H,3H2,1-2H3,(H,19,26)(H3,20,22,23,24,25,27). The Hall–Kier alpha value is -3.75. The molecule has 0 spiro atoms. The Morgan fingerprint density at radius 3 is 2.67 bits per heavy atom. The molecule has 27 heavy (non-hydrogen) atoms. The van der Waals surface area contributed by atoms with Crippen LogP contribution in [0.25, 0.3) is 11.2 Å². The Morgan fingerprint density at radius 1 is 1.07 bits per heavy atom. The second-order valence-electron chi connectivity index (χ2n) is 5.56. The fraction of sp³-hybridized carbons (Fsp3) is 0.167. The van der Waals surface area contributed by atoms with Crippen molar-refractivity contribution in [2.24, 2.45) is 0 Å². The number of pyridine rings is 1. The summed E-state index contributed by atoms with van der Waals surface area (Å²) in [4.78, 5) is 36.4. The second kappa shape index (κ2) is 8.09. The van der Waals surface area contributed by atoms with Crippen LogP contribution in [0.5, 0.6) is 0 Å². The molecule has 0 aliphatic rings. The summed E-state index contributed by atoms with van der Waals surface area (Å²) in [6.45, 7) is 2.35. The maximum Gasteiger partial charge on any atom is 0.320 e. The van der Waals surface area contributed by atoms with Crippen LogP contribution < -0.4 is 21.3 Å². The van der Waals surface area contributed by atoms with Crippen molar-refractivity contribution in [1.29, 1.82) is 0 Å². The first-order valence-corrected chi connectivity index (χ1v) is 8.37. The lowest BCUT2D eigenvalue weighted by Gasteiger charge is -2.09. The highest BCUT2D eigenvalue weighted by molar-refractivity contribution is 5.95. The van der Waals surface area contributed by atoms with Crippen molar-refractivity contribution in [3.05, 3.63) is 48.2 Å². The Morgan fingerprint density at radius 2 is 1.89 bits per heavy atom. The van der Waals surface area contributed by atoms with Crippen molar-refractivity contribution >= 4 is 40.4 Å². The zero-order valence-electron chi connectivity index (χ0n) is 14.9. The molecule has 0 bridgehead atoms. The van der Waals surface area contributed by atoms with E-state index in [-0.39, 0.29) is 11.9 Å². The summed E-state index contributed by atoms with van der Waals surface area (Å²) in [6.07, 6.45) is 1.58. The third-order valence-corrected chi connectivity index (χ3v) is 3.61. The number of carbonyl (C=O) groups is 2. The van der Waals surface area contributed by atoms with Crippen molar-refractivity contribution in [3.63, 3.8) is 0 Å². The van der Waals surface area contributed by atoms with Crippen molar-refractivity contribution < 1.29 is 9.59 Å². The van der Waals surface area contributed by atoms with E-state index < -0.39 is 0 Å². The molecular formula is C18H19N7O2. The quantitative estimate of drug-likeness (QED) is 0.550. The number of rotatable bonds is 5. The molecule has 0 fully saturated rings. The monoisotopic (exact) mass is 365 g/mol. The molecule has 4 N–H and O–H groups in total. The van der Waals surface area contributed by atoms with Gasteiger partial charge in [-0.15, -0.1) is 0 Å². The predicted molar refractivity (Wildman–Crippen MR) is 103 cm³/mol. The van der Waals surface area contributed by atoms with Gasteiger partial charge in [-0.1, -0.05) is 6.07 Å². The lowest BCUT2D eigenvalue weighted by Crippen LogP contribution is -2.28. The van der Waals surface area contributed by atoms with E-state index in [0.717, 1.165) is 0 Å². The van der Waals surface area contributed by atoms with Crippen LogP contribution in [0.2, 0.25) is 0 Å². The number of anilines is 3. The summed E-state index contributed by atoms with van der Waals surface area (Å²) in [5.41, 5.74) is 2.21. The number of hydrogen-bond donors (Lipinski definition) is 4. The SMILES string of the molecule is CCNC(=O)Nc1ccc2ncc(Nc3cccc(C(=O)NC)c3)nc2n1. The largest absolute Gasteiger partial charge is 0.355 e. The van der Waals surface area contributed by atoms with Gasteiger partial charge in [-0.05, 0) is 37.3 Å². The summed E-state index contributed by atoms with van der Waals surface area (Å²) in [5.74, 6) is 0.673. The fourth-order valence-corrected chi connectivity index (χ4v) is 2.38. The average Bonchev–Trinajstić information content (AvgIpc) is 2.67. The van der Waals surface area contributed by atoms with Gasteiger partial charge in [0, 0.05) is 24.8 Å². The number of fused-ring (bicyclic) bond motifs is 1. The Labute approximate surface area is 155 Å². The summed E-state index contributed by atoms with van der Waals surface area (Å²) < 4.78 is 0. The molecule has 0 radical (unpaired) electrons. The smallest absolute Gasteiger partial charge is 0.320 e. The van der Waals surface area contributed by atoms with Gasteiger partial charge in [0.2, 0.25) is 0 Å². The lowest BCUT2D eigenvalue weighted by molar-refractivity contribution is 0.0963. The molecule has 0 saturated heterocycles. The highest BCUT2D eigenvalue weighted by atomic mass is 16.2. The van der Waals surface area contributed by atoms with Crippen LogP contribution in [0.15, 0.2) is 42.6 Å². The molecule has 9 nitrogen and oxygen atoms in total. The molecule has 3 aromatic rings. The number of aromatic nitrogens is 3. The highest BCUT2D eigenvalue weighted by Crippen LogP contribution is 2.18. The van der Waals surface area contributed by atoms with Gasteiger partial charge < -0.3 is 16.0 Å². The molecule has 0 aliphatic heterocycles. The summed E-state index contributed by atoms with van der Waals surface area (Å²) in [5, 5.41) is 11.0. The van der Waals surface area contributed by atoms with E-state index in [9.17, 15) is 9.59 Å². The molecule has 9 heteroatoms. The van der Waals surface area contributed by atoms with Crippen LogP contribution in [0.3, 0.4) is 0 Å². The van der Waals surface area contributed by atoms with E-state index >= 15 is 0 Å². The van der Waals surface area contributed by atoms with E-state index in [1.807, 2.05) is 13.0 Å². The number of benzene rings is 1. The topological polar surface area (TPSA) is 121 Å². The zero-order chi connectivity index (χ0) is 19.2. The van der Waals surface area contributed by atoms with Crippen LogP contribution >= 0.6 is 0 Å². The van der Waals surface area contributed by atoms with Crippen LogP contribution in [0.1, 0.15) is 17.3 Å². The van der Waals surface area contributed by atoms with Gasteiger partial charge in [0.1, 0.15) is 11.3 Å². The maximum absolute atomic E-state index is 11.7. The van der Waals surface area contributed by atoms with Crippen molar-refractivity contribution in [3.8, 4) is 0 Å². The molecule has 138 valence electrons. The fourth-order valence-electron chi connectivity index (χ4n) is 2.38. The van der Waals surface area contributed by atoms with E-state index in [4.69, 9.17) is 0 Å². The van der Waals surface area contributed by atoms with Gasteiger partial charge >= 0.3 is 6.03 Å². The normalized spacial score (nSPS) is 10.3. The van der Waals surface area contributed by atoms with E-state index in [0.29, 0.717) is 40.6 Å². The molecule has 2 aromatic heterocycles. The molecule has 0 unspecified atom stereocenters. The number of nitrogens with zero attached hydrogens (tertiary/aromatic N) is 3. The van der Waals surface area contributed by atoms with Crippen LogP contribution in [-0.2, 0) is 0 Å². The van der Waals surface area contributed by atoms with E-state index in [1.54, 1.807) is 43.6 Å². The first-order valence-electron chi connectivity index (χ1n) is 8.37. The third kappa shape index (κ3) is 4.46. The van der Waals surface area contributed by atoms with Gasteiger partial charge in [-0.2, -0.15) is 0 Å². The third-order valence-electron chi connectivity index (χ3n) is 3.61. The number of carbonyl (C=O) groups excluding carboxylic acids is 2. The number of nitrogens with one attached hydrogen (secondary N) is 4. The first-order chi connectivity index (χ1) is 13.1. The minimum Gasteiger partial charge on any atom is -0.355 e. The van der Waals surface area contributed by atoms with Crippen molar-refractivity contribution in [1.82, 2.24) is 25.6 Å². The maximum atomic E-state index is 11.7. The van der Waals surface area contributed by atoms with Gasteiger partial charge in [0.05, 0.1) is 6.20 Å². The Bertz CT molecular complexity index is 990. The van der Waals surface area contributed by atoms with E-state index in [1.165, 1.54) is 0 Å². The van der Waals surface area contributed by atoms with E-state index in [2.05, 4.69) is 36.2 Å². The number of amides is 3. The average molecular weight is 365 g/mol. The second-order valence-corrected chi connectivity index (χ2v) is 5.56. The molecule has 1 aromatic carbocycles. The molecule has 2 heterocycles. The number of urea groups is 1. The van der Waals surface area contributed by atoms with Gasteiger partial charge in [0.15, 0.2) is 11.5 Å².